The normalized spacial score (nSPS) is 21.6. The number of anilines is 1. The molecular weight excluding hydrogens is 383 g/mol. The first-order valence-electron chi connectivity index (χ1n) is 9.04. The molecule has 3 aromatic rings. The molecule has 0 aliphatic carbocycles. The third kappa shape index (κ3) is 3.90. The van der Waals surface area contributed by atoms with Gasteiger partial charge in [0.05, 0.1) is 25.3 Å². The Kier molecular flexibility index (Phi) is 5.14. The lowest BCUT2D eigenvalue weighted by Crippen LogP contribution is -2.30. The van der Waals surface area contributed by atoms with E-state index in [1.807, 2.05) is 30.3 Å². The van der Waals surface area contributed by atoms with Crippen molar-refractivity contribution >= 4 is 22.6 Å². The minimum Gasteiger partial charge on any atom is -0.394 e. The third-order valence-electron chi connectivity index (χ3n) is 4.80. The number of aliphatic hydroxyl groups excluding tert-OH is 2. The molecule has 0 saturated carbocycles. The summed E-state index contributed by atoms with van der Waals surface area (Å²) in [4.78, 5) is 31.2. The summed E-state index contributed by atoms with van der Waals surface area (Å²) in [6, 6.07) is 9.34. The Bertz CT molecular complexity index is 1080. The van der Waals surface area contributed by atoms with Crippen LogP contribution < -0.4 is 11.0 Å². The highest BCUT2D eigenvalue weighted by Crippen LogP contribution is 2.27. The predicted octanol–water partition coefficient (Wildman–Crippen LogP) is 0.686. The van der Waals surface area contributed by atoms with Gasteiger partial charge in [-0.15, -0.1) is 0 Å². The van der Waals surface area contributed by atoms with Crippen molar-refractivity contribution in [1.82, 2.24) is 14.5 Å². The van der Waals surface area contributed by atoms with Gasteiger partial charge in [-0.3, -0.25) is 9.36 Å². The van der Waals surface area contributed by atoms with E-state index in [1.165, 1.54) is 0 Å². The maximum atomic E-state index is 14.4. The number of hydrogen-bond acceptors (Lipinski definition) is 6. The fourth-order valence-corrected chi connectivity index (χ4v) is 3.37. The molecule has 1 aliphatic heterocycles. The van der Waals surface area contributed by atoms with Crippen molar-refractivity contribution in [2.45, 2.75) is 31.3 Å². The molecule has 4 rings (SSSR count). The molecular formula is C19H19FN4O5. The van der Waals surface area contributed by atoms with Crippen molar-refractivity contribution in [3.05, 3.63) is 58.5 Å². The molecule has 3 heterocycles. The van der Waals surface area contributed by atoms with Gasteiger partial charge in [-0.05, 0) is 17.5 Å². The average Bonchev–Trinajstić information content (AvgIpc) is 3.26. The molecule has 2 aromatic heterocycles. The molecule has 1 saturated heterocycles. The van der Waals surface area contributed by atoms with Gasteiger partial charge in [-0.1, -0.05) is 18.2 Å². The maximum absolute atomic E-state index is 14.4. The van der Waals surface area contributed by atoms with Crippen LogP contribution in [0.2, 0.25) is 0 Å². The number of rotatable bonds is 5. The van der Waals surface area contributed by atoms with E-state index in [9.17, 15) is 19.1 Å². The number of aromatic nitrogens is 3. The number of ether oxygens (including phenoxy) is 1. The summed E-state index contributed by atoms with van der Waals surface area (Å²) >= 11 is 0. The Morgan fingerprint density at radius 3 is 2.93 bits per heavy atom. The van der Waals surface area contributed by atoms with E-state index in [0.29, 0.717) is 5.69 Å². The lowest BCUT2D eigenvalue weighted by atomic mass is 10.2. The number of H-pyrrole nitrogens is 1. The number of halogens is 1. The minimum absolute atomic E-state index is 0.0122. The molecule has 1 aromatic carbocycles. The van der Waals surface area contributed by atoms with E-state index in [1.54, 1.807) is 0 Å². The number of para-hydroxylation sites is 1. The molecule has 3 atom stereocenters. The first-order valence-corrected chi connectivity index (χ1v) is 9.04. The molecule has 1 fully saturated rings. The van der Waals surface area contributed by atoms with E-state index < -0.39 is 48.3 Å². The number of aromatic amines is 1. The molecule has 4 N–H and O–H groups in total. The van der Waals surface area contributed by atoms with Crippen LogP contribution in [0, 0.1) is 5.82 Å². The van der Waals surface area contributed by atoms with Crippen molar-refractivity contribution in [2.75, 3.05) is 11.9 Å². The smallest absolute Gasteiger partial charge is 0.351 e. The van der Waals surface area contributed by atoms with Gasteiger partial charge < -0.3 is 25.3 Å². The molecule has 9 nitrogen and oxygen atoms in total. The van der Waals surface area contributed by atoms with Crippen molar-refractivity contribution in [1.29, 1.82) is 0 Å². The third-order valence-corrected chi connectivity index (χ3v) is 4.80. The zero-order chi connectivity index (χ0) is 20.5. The highest BCUT2D eigenvalue weighted by atomic mass is 19.1. The number of hydrogen-bond donors (Lipinski definition) is 4. The number of amides is 1. The molecule has 0 spiro atoms. The van der Waals surface area contributed by atoms with Crippen LogP contribution in [0.3, 0.4) is 0 Å². The topological polar surface area (TPSA) is 129 Å². The first-order chi connectivity index (χ1) is 13.9. The van der Waals surface area contributed by atoms with E-state index in [4.69, 9.17) is 9.84 Å². The summed E-state index contributed by atoms with van der Waals surface area (Å²) in [6.45, 7) is -0.426. The summed E-state index contributed by atoms with van der Waals surface area (Å²) in [6.07, 6.45) is -1.95. The number of nitrogens with zero attached hydrogens (tertiary/aromatic N) is 2. The highest BCUT2D eigenvalue weighted by Gasteiger charge is 2.35. The second-order valence-corrected chi connectivity index (χ2v) is 6.85. The molecule has 1 amide bonds. The first kappa shape index (κ1) is 19.2. The lowest BCUT2D eigenvalue weighted by molar-refractivity contribution is -0.115. The number of carbonyl (C=O) groups excluding carboxylic acids is 1. The molecule has 10 heteroatoms. The fraction of sp³-hybridized carbons (Fsp3) is 0.316. The van der Waals surface area contributed by atoms with E-state index in [-0.39, 0.29) is 12.8 Å². The van der Waals surface area contributed by atoms with Crippen LogP contribution in [-0.2, 0) is 16.0 Å². The number of carbonyl (C=O) groups is 1. The quantitative estimate of drug-likeness (QED) is 0.497. The fourth-order valence-electron chi connectivity index (χ4n) is 3.37. The molecule has 29 heavy (non-hydrogen) atoms. The Balaban J connectivity index is 1.48. The van der Waals surface area contributed by atoms with Crippen LogP contribution in [0.25, 0.3) is 10.9 Å². The van der Waals surface area contributed by atoms with Gasteiger partial charge in [-0.2, -0.15) is 4.98 Å². The molecule has 0 bridgehead atoms. The highest BCUT2D eigenvalue weighted by molar-refractivity contribution is 5.92. The van der Waals surface area contributed by atoms with Crippen LogP contribution in [0.15, 0.2) is 41.3 Å². The summed E-state index contributed by atoms with van der Waals surface area (Å²) in [5, 5.41) is 22.1. The van der Waals surface area contributed by atoms with Crippen molar-refractivity contribution in [3.63, 3.8) is 0 Å². The zero-order valence-corrected chi connectivity index (χ0v) is 15.2. The van der Waals surface area contributed by atoms with Gasteiger partial charge in [0.1, 0.15) is 12.3 Å². The number of benzene rings is 1. The molecule has 152 valence electrons. The second-order valence-electron chi connectivity index (χ2n) is 6.85. The van der Waals surface area contributed by atoms with Gasteiger partial charge in [-0.25, -0.2) is 9.18 Å². The van der Waals surface area contributed by atoms with E-state index in [2.05, 4.69) is 15.3 Å². The maximum Gasteiger partial charge on any atom is 0.351 e. The number of fused-ring (bicyclic) bond motifs is 1. The van der Waals surface area contributed by atoms with Gasteiger partial charge in [0.2, 0.25) is 5.91 Å². The van der Waals surface area contributed by atoms with E-state index >= 15 is 0 Å². The second kappa shape index (κ2) is 7.74. The van der Waals surface area contributed by atoms with E-state index in [0.717, 1.165) is 21.7 Å². The van der Waals surface area contributed by atoms with Crippen LogP contribution >= 0.6 is 0 Å². The Morgan fingerprint density at radius 2 is 2.21 bits per heavy atom. The van der Waals surface area contributed by atoms with Crippen LogP contribution in [0.5, 0.6) is 0 Å². The van der Waals surface area contributed by atoms with Crippen molar-refractivity contribution in [2.24, 2.45) is 0 Å². The number of nitrogens with one attached hydrogen (secondary N) is 2. The lowest BCUT2D eigenvalue weighted by Gasteiger charge is -2.15. The SMILES string of the molecule is O=C(Cc1cc2ccccc2[nH]1)Nc1nc(=O)n([C@H]2C[C@H](O)[C@@H](CO)O2)cc1F. The van der Waals surface area contributed by atoms with Gasteiger partial charge in [0.15, 0.2) is 11.6 Å². The number of aliphatic hydroxyl groups is 2. The van der Waals surface area contributed by atoms with Gasteiger partial charge >= 0.3 is 5.69 Å². The summed E-state index contributed by atoms with van der Waals surface area (Å²) in [5.41, 5.74) is 0.672. The van der Waals surface area contributed by atoms with Crippen LogP contribution in [0.4, 0.5) is 10.2 Å². The van der Waals surface area contributed by atoms with Crippen molar-refractivity contribution in [3.8, 4) is 0 Å². The molecule has 0 radical (unpaired) electrons. The predicted molar refractivity (Wildman–Crippen MR) is 101 cm³/mol. The zero-order valence-electron chi connectivity index (χ0n) is 15.2. The Hall–Kier alpha value is -3.08. The monoisotopic (exact) mass is 402 g/mol. The molecule has 0 unspecified atom stereocenters. The Morgan fingerprint density at radius 1 is 1.41 bits per heavy atom. The van der Waals surface area contributed by atoms with Crippen LogP contribution in [-0.4, -0.2) is 49.5 Å². The average molecular weight is 402 g/mol. The largest absolute Gasteiger partial charge is 0.394 e. The Labute approximate surface area is 163 Å². The van der Waals surface area contributed by atoms with Gasteiger partial charge in [0, 0.05) is 17.6 Å². The van der Waals surface area contributed by atoms with Crippen molar-refractivity contribution < 1.29 is 24.1 Å². The summed E-state index contributed by atoms with van der Waals surface area (Å²) in [7, 11) is 0. The van der Waals surface area contributed by atoms with Crippen LogP contribution in [0.1, 0.15) is 18.3 Å². The van der Waals surface area contributed by atoms with Gasteiger partial charge in [0.25, 0.3) is 0 Å². The summed E-state index contributed by atoms with van der Waals surface area (Å²) < 4.78 is 20.6. The summed E-state index contributed by atoms with van der Waals surface area (Å²) in [5.74, 6) is -1.93. The minimum atomic E-state index is -0.976. The standard InChI is InChI=1S/C19H19FN4O5/c20-12-8-24(17-7-14(26)15(9-25)29-17)19(28)23-18(12)22-16(27)6-11-5-10-3-1-2-4-13(10)21-11/h1-5,8,14-15,17,21,25-26H,6-7,9H2,(H,22,23,27,28)/t14-,15+,17+/m0/s1. The molecule has 1 aliphatic rings.